The van der Waals surface area contributed by atoms with E-state index in [2.05, 4.69) is 21.7 Å². The van der Waals surface area contributed by atoms with Gasteiger partial charge in [-0.15, -0.1) is 0 Å². The van der Waals surface area contributed by atoms with Gasteiger partial charge in [-0.2, -0.15) is 0 Å². The molecule has 1 aliphatic carbocycles. The Morgan fingerprint density at radius 3 is 2.48 bits per heavy atom. The predicted octanol–water partition coefficient (Wildman–Crippen LogP) is 4.08. The second kappa shape index (κ2) is 8.86. The third kappa shape index (κ3) is 4.80. The fourth-order valence-electron chi connectivity index (χ4n) is 3.83. The largest absolute Gasteiger partial charge is 0.352 e. The van der Waals surface area contributed by atoms with Crippen LogP contribution in [0.5, 0.6) is 0 Å². The first-order valence-corrected chi connectivity index (χ1v) is 10.2. The zero-order chi connectivity index (χ0) is 20.1. The highest BCUT2D eigenvalue weighted by molar-refractivity contribution is 5.97. The number of benzene rings is 2. The van der Waals surface area contributed by atoms with Crippen LogP contribution in [0.25, 0.3) is 22.0 Å². The standard InChI is InChI=1S/C24H25N3O2/c28-23(27-21-7-2-1-3-8-21)16-26-24(29)18-12-10-17(11-13-18)20-14-19-6-4-5-9-22(19)25-15-20/h4-6,9-15,21H,1-3,7-8,16H2,(H,26,29)(H,27,28). The number of pyridine rings is 1. The van der Waals surface area contributed by atoms with Gasteiger partial charge in [0.2, 0.25) is 5.91 Å². The number of hydrogen-bond donors (Lipinski definition) is 2. The summed E-state index contributed by atoms with van der Waals surface area (Å²) in [5, 5.41) is 6.80. The Balaban J connectivity index is 1.35. The lowest BCUT2D eigenvalue weighted by atomic mass is 9.95. The molecule has 1 aliphatic rings. The monoisotopic (exact) mass is 387 g/mol. The smallest absolute Gasteiger partial charge is 0.251 e. The van der Waals surface area contributed by atoms with Crippen LogP contribution in [0, 0.1) is 0 Å². The fourth-order valence-corrected chi connectivity index (χ4v) is 3.83. The summed E-state index contributed by atoms with van der Waals surface area (Å²) in [6.07, 6.45) is 7.48. The maximum absolute atomic E-state index is 12.4. The Hall–Kier alpha value is -3.21. The summed E-state index contributed by atoms with van der Waals surface area (Å²) in [5.41, 5.74) is 3.49. The molecule has 5 nitrogen and oxygen atoms in total. The highest BCUT2D eigenvalue weighted by Gasteiger charge is 2.16. The van der Waals surface area contributed by atoms with Gasteiger partial charge in [0.05, 0.1) is 12.1 Å². The van der Waals surface area contributed by atoms with Crippen LogP contribution >= 0.6 is 0 Å². The van der Waals surface area contributed by atoms with Crippen molar-refractivity contribution in [2.75, 3.05) is 6.54 Å². The maximum atomic E-state index is 12.4. The lowest BCUT2D eigenvalue weighted by Crippen LogP contribution is -2.42. The first kappa shape index (κ1) is 19.1. The molecule has 2 N–H and O–H groups in total. The van der Waals surface area contributed by atoms with Crippen molar-refractivity contribution in [1.82, 2.24) is 15.6 Å². The second-order valence-corrected chi connectivity index (χ2v) is 7.58. The van der Waals surface area contributed by atoms with Gasteiger partial charge in [-0.05, 0) is 42.7 Å². The highest BCUT2D eigenvalue weighted by Crippen LogP contribution is 2.23. The number of aromatic nitrogens is 1. The van der Waals surface area contributed by atoms with Gasteiger partial charge in [-0.3, -0.25) is 14.6 Å². The first-order valence-electron chi connectivity index (χ1n) is 10.2. The molecule has 2 aromatic carbocycles. The van der Waals surface area contributed by atoms with E-state index in [4.69, 9.17) is 0 Å². The molecule has 1 aromatic heterocycles. The van der Waals surface area contributed by atoms with Gasteiger partial charge >= 0.3 is 0 Å². The number of nitrogens with zero attached hydrogens (tertiary/aromatic N) is 1. The number of fused-ring (bicyclic) bond motifs is 1. The van der Waals surface area contributed by atoms with E-state index in [-0.39, 0.29) is 24.4 Å². The molecule has 1 heterocycles. The van der Waals surface area contributed by atoms with Crippen LogP contribution in [0.3, 0.4) is 0 Å². The molecule has 3 aromatic rings. The molecule has 5 heteroatoms. The molecular weight excluding hydrogens is 362 g/mol. The Morgan fingerprint density at radius 1 is 0.931 bits per heavy atom. The van der Waals surface area contributed by atoms with Gasteiger partial charge in [-0.1, -0.05) is 49.6 Å². The van der Waals surface area contributed by atoms with Gasteiger partial charge in [-0.25, -0.2) is 0 Å². The number of amides is 2. The lowest BCUT2D eigenvalue weighted by molar-refractivity contribution is -0.121. The van der Waals surface area contributed by atoms with Crippen LogP contribution < -0.4 is 10.6 Å². The van der Waals surface area contributed by atoms with Crippen molar-refractivity contribution >= 4 is 22.7 Å². The molecule has 0 radical (unpaired) electrons. The quantitative estimate of drug-likeness (QED) is 0.693. The molecule has 1 saturated carbocycles. The normalized spacial score (nSPS) is 14.5. The topological polar surface area (TPSA) is 71.1 Å². The summed E-state index contributed by atoms with van der Waals surface area (Å²) in [6, 6.07) is 17.7. The van der Waals surface area contributed by atoms with E-state index in [1.165, 1.54) is 6.42 Å². The van der Waals surface area contributed by atoms with E-state index in [1.807, 2.05) is 42.6 Å². The first-order chi connectivity index (χ1) is 14.2. The van der Waals surface area contributed by atoms with E-state index in [1.54, 1.807) is 12.1 Å². The molecule has 0 aliphatic heterocycles. The minimum atomic E-state index is -0.244. The van der Waals surface area contributed by atoms with Gasteiger partial charge < -0.3 is 10.6 Å². The van der Waals surface area contributed by atoms with Crippen LogP contribution in [-0.4, -0.2) is 29.4 Å². The van der Waals surface area contributed by atoms with Gasteiger partial charge in [0.25, 0.3) is 5.91 Å². The zero-order valence-corrected chi connectivity index (χ0v) is 16.4. The molecule has 29 heavy (non-hydrogen) atoms. The van der Waals surface area contributed by atoms with Crippen molar-refractivity contribution < 1.29 is 9.59 Å². The Labute approximate surface area is 170 Å². The molecule has 0 saturated heterocycles. The minimum Gasteiger partial charge on any atom is -0.352 e. The van der Waals surface area contributed by atoms with Gasteiger partial charge in [0, 0.05) is 28.8 Å². The van der Waals surface area contributed by atoms with E-state index in [0.717, 1.165) is 47.7 Å². The van der Waals surface area contributed by atoms with E-state index >= 15 is 0 Å². The highest BCUT2D eigenvalue weighted by atomic mass is 16.2. The third-order valence-corrected chi connectivity index (χ3v) is 5.45. The Kier molecular flexibility index (Phi) is 5.84. The molecule has 0 unspecified atom stereocenters. The molecular formula is C24H25N3O2. The molecule has 0 bridgehead atoms. The molecule has 2 amide bonds. The van der Waals surface area contributed by atoms with Crippen LogP contribution in [0.4, 0.5) is 0 Å². The van der Waals surface area contributed by atoms with E-state index in [9.17, 15) is 9.59 Å². The zero-order valence-electron chi connectivity index (χ0n) is 16.4. The number of carbonyl (C=O) groups is 2. The summed E-state index contributed by atoms with van der Waals surface area (Å²) >= 11 is 0. The van der Waals surface area contributed by atoms with Crippen molar-refractivity contribution in [2.24, 2.45) is 0 Å². The van der Waals surface area contributed by atoms with Crippen molar-refractivity contribution in [3.8, 4) is 11.1 Å². The Morgan fingerprint density at radius 2 is 1.69 bits per heavy atom. The lowest BCUT2D eigenvalue weighted by Gasteiger charge is -2.22. The summed E-state index contributed by atoms with van der Waals surface area (Å²) < 4.78 is 0. The van der Waals surface area contributed by atoms with Crippen molar-refractivity contribution in [1.29, 1.82) is 0 Å². The number of hydrogen-bond acceptors (Lipinski definition) is 3. The van der Waals surface area contributed by atoms with E-state index in [0.29, 0.717) is 5.56 Å². The third-order valence-electron chi connectivity index (χ3n) is 5.45. The van der Waals surface area contributed by atoms with Crippen molar-refractivity contribution in [3.05, 3.63) is 66.4 Å². The SMILES string of the molecule is O=C(CNC(=O)c1ccc(-c2cnc3ccccc3c2)cc1)NC1CCCCC1. The average molecular weight is 387 g/mol. The summed E-state index contributed by atoms with van der Waals surface area (Å²) in [5.74, 6) is -0.365. The summed E-state index contributed by atoms with van der Waals surface area (Å²) in [6.45, 7) is 0.00563. The Bertz CT molecular complexity index is 1010. The van der Waals surface area contributed by atoms with Crippen LogP contribution in [0.15, 0.2) is 60.8 Å². The summed E-state index contributed by atoms with van der Waals surface area (Å²) in [4.78, 5) is 28.9. The maximum Gasteiger partial charge on any atom is 0.251 e. The van der Waals surface area contributed by atoms with Crippen LogP contribution in [-0.2, 0) is 4.79 Å². The molecule has 0 spiro atoms. The van der Waals surface area contributed by atoms with Gasteiger partial charge in [0.15, 0.2) is 0 Å². The fraction of sp³-hybridized carbons (Fsp3) is 0.292. The number of para-hydroxylation sites is 1. The van der Waals surface area contributed by atoms with Crippen LogP contribution in [0.2, 0.25) is 0 Å². The second-order valence-electron chi connectivity index (χ2n) is 7.58. The van der Waals surface area contributed by atoms with Crippen LogP contribution in [0.1, 0.15) is 42.5 Å². The molecule has 4 rings (SSSR count). The number of nitrogens with one attached hydrogen (secondary N) is 2. The minimum absolute atomic E-state index is 0.00563. The molecule has 0 atom stereocenters. The molecule has 148 valence electrons. The summed E-state index contributed by atoms with van der Waals surface area (Å²) in [7, 11) is 0. The van der Waals surface area contributed by atoms with Gasteiger partial charge in [0.1, 0.15) is 0 Å². The number of carbonyl (C=O) groups excluding carboxylic acids is 2. The number of rotatable bonds is 5. The van der Waals surface area contributed by atoms with Crippen molar-refractivity contribution in [3.63, 3.8) is 0 Å². The predicted molar refractivity (Wildman–Crippen MR) is 115 cm³/mol. The average Bonchev–Trinajstić information content (AvgIpc) is 2.78. The van der Waals surface area contributed by atoms with Crippen molar-refractivity contribution in [2.45, 2.75) is 38.1 Å². The van der Waals surface area contributed by atoms with E-state index < -0.39 is 0 Å². The molecule has 1 fully saturated rings.